The highest BCUT2D eigenvalue weighted by molar-refractivity contribution is 7.99. The normalized spacial score (nSPS) is 28.2. The Bertz CT molecular complexity index is 432. The predicted octanol–water partition coefficient (Wildman–Crippen LogP) is 0.630. The first kappa shape index (κ1) is 14.2. The van der Waals surface area contributed by atoms with Crippen LogP contribution in [0.15, 0.2) is 4.52 Å². The van der Waals surface area contributed by atoms with Gasteiger partial charge in [-0.25, -0.2) is 0 Å². The summed E-state index contributed by atoms with van der Waals surface area (Å²) in [7, 11) is 2.15. The van der Waals surface area contributed by atoms with Crippen LogP contribution >= 0.6 is 11.8 Å². The lowest BCUT2D eigenvalue weighted by atomic mass is 10.0. The first-order valence-electron chi connectivity index (χ1n) is 7.36. The van der Waals surface area contributed by atoms with Crippen LogP contribution in [0.4, 0.5) is 5.95 Å². The Hall–Kier alpha value is -0.790. The summed E-state index contributed by atoms with van der Waals surface area (Å²) >= 11 is 1.96. The Balaban J connectivity index is 1.67. The molecule has 2 aliphatic rings. The van der Waals surface area contributed by atoms with Crippen molar-refractivity contribution in [3.8, 4) is 0 Å². The average molecular weight is 297 g/mol. The highest BCUT2D eigenvalue weighted by atomic mass is 32.2. The van der Waals surface area contributed by atoms with Crippen molar-refractivity contribution in [3.05, 3.63) is 5.89 Å². The molecule has 2 saturated heterocycles. The Morgan fingerprint density at radius 3 is 2.85 bits per heavy atom. The van der Waals surface area contributed by atoms with E-state index in [2.05, 4.69) is 39.2 Å². The number of anilines is 1. The predicted molar refractivity (Wildman–Crippen MR) is 81.5 cm³/mol. The van der Waals surface area contributed by atoms with Crippen LogP contribution in [-0.4, -0.2) is 72.4 Å². The molecule has 20 heavy (non-hydrogen) atoms. The van der Waals surface area contributed by atoms with Crippen molar-refractivity contribution in [2.24, 2.45) is 0 Å². The number of hydrogen-bond acceptors (Lipinski definition) is 7. The Labute approximate surface area is 124 Å². The van der Waals surface area contributed by atoms with Gasteiger partial charge in [0.15, 0.2) is 0 Å². The maximum absolute atomic E-state index is 5.54. The van der Waals surface area contributed by atoms with Crippen LogP contribution in [0.2, 0.25) is 0 Å². The minimum atomic E-state index is 0.355. The Morgan fingerprint density at radius 2 is 2.10 bits per heavy atom. The molecule has 3 heterocycles. The molecule has 1 aromatic rings. The molecule has 6 nitrogen and oxygen atoms in total. The third-order valence-electron chi connectivity index (χ3n) is 4.08. The van der Waals surface area contributed by atoms with Crippen LogP contribution in [0.5, 0.6) is 0 Å². The fourth-order valence-corrected chi connectivity index (χ4v) is 4.14. The molecule has 112 valence electrons. The molecule has 0 saturated carbocycles. The molecule has 1 aromatic heterocycles. The van der Waals surface area contributed by atoms with Crippen LogP contribution in [0.3, 0.4) is 0 Å². The Morgan fingerprint density at radius 1 is 1.30 bits per heavy atom. The van der Waals surface area contributed by atoms with Gasteiger partial charge in [-0.1, -0.05) is 6.92 Å². The number of piperazine rings is 1. The van der Waals surface area contributed by atoms with Crippen molar-refractivity contribution < 1.29 is 4.52 Å². The lowest BCUT2D eigenvalue weighted by Crippen LogP contribution is -2.45. The minimum absolute atomic E-state index is 0.355. The number of hydrogen-bond donors (Lipinski definition) is 1. The molecular formula is C13H23N5OS. The summed E-state index contributed by atoms with van der Waals surface area (Å²) in [6.07, 6.45) is 0. The van der Waals surface area contributed by atoms with Crippen LogP contribution in [-0.2, 0) is 0 Å². The van der Waals surface area contributed by atoms with E-state index < -0.39 is 0 Å². The van der Waals surface area contributed by atoms with Crippen LogP contribution in [0.1, 0.15) is 18.7 Å². The summed E-state index contributed by atoms with van der Waals surface area (Å²) in [5.41, 5.74) is 0. The summed E-state index contributed by atoms with van der Waals surface area (Å²) in [6.45, 7) is 7.20. The molecule has 0 bridgehead atoms. The highest BCUT2D eigenvalue weighted by Crippen LogP contribution is 2.32. The van der Waals surface area contributed by atoms with E-state index in [4.69, 9.17) is 4.52 Å². The van der Waals surface area contributed by atoms with Gasteiger partial charge in [-0.05, 0) is 18.7 Å². The number of nitrogens with one attached hydrogen (secondary N) is 1. The minimum Gasteiger partial charge on any atom is -0.337 e. The zero-order chi connectivity index (χ0) is 13.9. The lowest BCUT2D eigenvalue weighted by Gasteiger charge is -2.31. The number of likely N-dealkylation sites (N-methyl/N-ethyl adjacent to an activating group) is 2. The van der Waals surface area contributed by atoms with Crippen molar-refractivity contribution >= 4 is 17.7 Å². The van der Waals surface area contributed by atoms with Crippen molar-refractivity contribution in [1.82, 2.24) is 20.4 Å². The zero-order valence-corrected chi connectivity index (χ0v) is 13.0. The van der Waals surface area contributed by atoms with Crippen molar-refractivity contribution in [2.75, 3.05) is 56.2 Å². The molecular weight excluding hydrogens is 274 g/mol. The van der Waals surface area contributed by atoms with Gasteiger partial charge in [0.1, 0.15) is 0 Å². The highest BCUT2D eigenvalue weighted by Gasteiger charge is 2.33. The molecule has 3 rings (SSSR count). The van der Waals surface area contributed by atoms with Gasteiger partial charge in [-0.15, -0.1) is 0 Å². The van der Waals surface area contributed by atoms with Crippen molar-refractivity contribution in [3.63, 3.8) is 0 Å². The fourth-order valence-electron chi connectivity index (χ4n) is 2.77. The average Bonchev–Trinajstić information content (AvgIpc) is 3.08. The topological polar surface area (TPSA) is 57.4 Å². The van der Waals surface area contributed by atoms with Crippen LogP contribution in [0.25, 0.3) is 0 Å². The maximum atomic E-state index is 5.54. The van der Waals surface area contributed by atoms with Gasteiger partial charge in [0.05, 0.1) is 5.92 Å². The van der Waals surface area contributed by atoms with Crippen LogP contribution in [0, 0.1) is 0 Å². The largest absolute Gasteiger partial charge is 0.337 e. The lowest BCUT2D eigenvalue weighted by molar-refractivity contribution is 0.307. The quantitative estimate of drug-likeness (QED) is 0.874. The molecule has 0 radical (unpaired) electrons. The first-order chi connectivity index (χ1) is 9.78. The van der Waals surface area contributed by atoms with E-state index in [9.17, 15) is 0 Å². The van der Waals surface area contributed by atoms with Crippen molar-refractivity contribution in [1.29, 1.82) is 0 Å². The number of thioether (sulfide) groups is 1. The number of aromatic nitrogens is 2. The van der Waals surface area contributed by atoms with Gasteiger partial charge < -0.3 is 19.6 Å². The SMILES string of the molecule is CCNC1CSCC1c1nc(N2CCN(C)CC2)no1. The van der Waals surface area contributed by atoms with Gasteiger partial charge in [-0.3, -0.25) is 0 Å². The number of rotatable bonds is 4. The summed E-state index contributed by atoms with van der Waals surface area (Å²) in [6, 6.07) is 0.464. The second kappa shape index (κ2) is 6.32. The van der Waals surface area contributed by atoms with Crippen molar-refractivity contribution in [2.45, 2.75) is 18.9 Å². The molecule has 1 N–H and O–H groups in total. The standard InChI is InChI=1S/C13H23N5OS/c1-3-14-11-9-20-8-10(11)12-15-13(16-19-12)18-6-4-17(2)5-7-18/h10-11,14H,3-9H2,1-2H3. The summed E-state index contributed by atoms with van der Waals surface area (Å²) in [4.78, 5) is 9.20. The van der Waals surface area contributed by atoms with E-state index in [1.165, 1.54) is 0 Å². The van der Waals surface area contributed by atoms with E-state index in [1.807, 2.05) is 11.8 Å². The second-order valence-electron chi connectivity index (χ2n) is 5.53. The molecule has 2 atom stereocenters. The van der Waals surface area contributed by atoms with Crippen LogP contribution < -0.4 is 10.2 Å². The molecule has 7 heteroatoms. The van der Waals surface area contributed by atoms with E-state index in [-0.39, 0.29) is 0 Å². The molecule has 2 fully saturated rings. The van der Waals surface area contributed by atoms with E-state index in [0.717, 1.165) is 56.1 Å². The monoisotopic (exact) mass is 297 g/mol. The first-order valence-corrected chi connectivity index (χ1v) is 8.51. The molecule has 0 amide bonds. The van der Waals surface area contributed by atoms with E-state index >= 15 is 0 Å². The third-order valence-corrected chi connectivity index (χ3v) is 5.27. The van der Waals surface area contributed by atoms with Gasteiger partial charge in [0, 0.05) is 43.7 Å². The molecule has 2 aliphatic heterocycles. The third kappa shape index (κ3) is 2.94. The molecule has 0 aliphatic carbocycles. The summed E-state index contributed by atoms with van der Waals surface area (Å²) in [5.74, 6) is 4.12. The van der Waals surface area contributed by atoms with Gasteiger partial charge in [0.25, 0.3) is 5.95 Å². The smallest absolute Gasteiger partial charge is 0.266 e. The Kier molecular flexibility index (Phi) is 4.48. The van der Waals surface area contributed by atoms with E-state index in [1.54, 1.807) is 0 Å². The number of nitrogens with zero attached hydrogens (tertiary/aromatic N) is 4. The van der Waals surface area contributed by atoms with Gasteiger partial charge in [0.2, 0.25) is 5.89 Å². The fraction of sp³-hybridized carbons (Fsp3) is 0.846. The molecule has 0 spiro atoms. The van der Waals surface area contributed by atoms with Gasteiger partial charge in [-0.2, -0.15) is 16.7 Å². The zero-order valence-electron chi connectivity index (χ0n) is 12.2. The van der Waals surface area contributed by atoms with Gasteiger partial charge >= 0.3 is 0 Å². The molecule has 2 unspecified atom stereocenters. The summed E-state index contributed by atoms with van der Waals surface area (Å²) in [5, 5.41) is 7.71. The molecule has 0 aromatic carbocycles. The summed E-state index contributed by atoms with van der Waals surface area (Å²) < 4.78 is 5.54. The van der Waals surface area contributed by atoms with E-state index in [0.29, 0.717) is 12.0 Å². The maximum Gasteiger partial charge on any atom is 0.266 e. The second-order valence-corrected chi connectivity index (χ2v) is 6.61.